The van der Waals surface area contributed by atoms with Gasteiger partial charge in [0, 0.05) is 13.2 Å². The van der Waals surface area contributed by atoms with Crippen molar-refractivity contribution in [3.05, 3.63) is 52.9 Å². The van der Waals surface area contributed by atoms with Crippen molar-refractivity contribution in [2.45, 2.75) is 32.2 Å². The maximum atomic E-state index is 12.0. The molecule has 2 aromatic heterocycles. The summed E-state index contributed by atoms with van der Waals surface area (Å²) in [5, 5.41) is 18.0. The van der Waals surface area contributed by atoms with Crippen LogP contribution in [0.4, 0.5) is 10.5 Å². The molecule has 9 heteroatoms. The summed E-state index contributed by atoms with van der Waals surface area (Å²) < 4.78 is 6.55. The van der Waals surface area contributed by atoms with E-state index in [1.165, 1.54) is 10.9 Å². The molecule has 0 spiro atoms. The Morgan fingerprint density at radius 3 is 3.00 bits per heavy atom. The smallest absolute Gasteiger partial charge is 0.407 e. The molecule has 0 fully saturated rings. The maximum Gasteiger partial charge on any atom is 0.407 e. The highest BCUT2D eigenvalue weighted by atomic mass is 16.6. The molecule has 0 unspecified atom stereocenters. The van der Waals surface area contributed by atoms with Crippen LogP contribution in [0.3, 0.4) is 0 Å². The third kappa shape index (κ3) is 5.13. The zero-order chi connectivity index (χ0) is 19.8. The normalized spacial score (nSPS) is 11.6. The highest BCUT2D eigenvalue weighted by Gasteiger charge is 2.23. The van der Waals surface area contributed by atoms with E-state index in [1.54, 1.807) is 31.5 Å². The summed E-state index contributed by atoms with van der Waals surface area (Å²) in [5.41, 5.74) is 1.30. The Bertz CT molecular complexity index is 818. The molecule has 0 bridgehead atoms. The van der Waals surface area contributed by atoms with Gasteiger partial charge >= 0.3 is 11.8 Å². The van der Waals surface area contributed by atoms with E-state index < -0.39 is 11.0 Å². The first kappa shape index (κ1) is 20.1. The molecule has 1 N–H and O–H groups in total. The van der Waals surface area contributed by atoms with Crippen LogP contribution in [0.5, 0.6) is 0 Å². The lowest BCUT2D eigenvalue weighted by molar-refractivity contribution is -0.384. The molecule has 1 amide bonds. The number of ether oxygens (including phenoxy) is 1. The topological polar surface area (TPSA) is 112 Å². The minimum Gasteiger partial charge on any atom is -0.450 e. The van der Waals surface area contributed by atoms with Crippen molar-refractivity contribution in [2.24, 2.45) is 7.05 Å². The molecule has 0 aliphatic heterocycles. The van der Waals surface area contributed by atoms with Crippen LogP contribution < -0.4 is 5.32 Å². The number of aromatic nitrogens is 3. The van der Waals surface area contributed by atoms with Gasteiger partial charge in [0.05, 0.1) is 23.3 Å². The molecule has 0 saturated heterocycles. The molecule has 0 radical (unpaired) electrons. The lowest BCUT2D eigenvalue weighted by atomic mass is 10.0. The Balaban J connectivity index is 2.28. The van der Waals surface area contributed by atoms with Crippen molar-refractivity contribution < 1.29 is 14.5 Å². The van der Waals surface area contributed by atoms with Crippen LogP contribution in [0.2, 0.25) is 0 Å². The molecule has 9 nitrogen and oxygen atoms in total. The zero-order valence-corrected chi connectivity index (χ0v) is 15.4. The predicted octanol–water partition coefficient (Wildman–Crippen LogP) is 3.53. The van der Waals surface area contributed by atoms with Crippen molar-refractivity contribution in [1.29, 1.82) is 0 Å². The van der Waals surface area contributed by atoms with Crippen LogP contribution >= 0.6 is 0 Å². The molecule has 2 aromatic rings. The van der Waals surface area contributed by atoms with E-state index >= 15 is 0 Å². The Kier molecular flexibility index (Phi) is 7.04. The van der Waals surface area contributed by atoms with Crippen LogP contribution in [0.15, 0.2) is 37.2 Å². The van der Waals surface area contributed by atoms with Gasteiger partial charge in [-0.2, -0.15) is 5.10 Å². The summed E-state index contributed by atoms with van der Waals surface area (Å²) in [6.45, 7) is 6.09. The van der Waals surface area contributed by atoms with E-state index in [1.807, 2.05) is 6.92 Å². The first-order chi connectivity index (χ1) is 13.0. The van der Waals surface area contributed by atoms with Gasteiger partial charge in [-0.3, -0.25) is 19.8 Å². The SMILES string of the molecule is C=CC[C@H](NC(=O)OCCCC)c1ccnc(-c2c([N+](=O)[O-])cnn2C)c1. The molecule has 144 valence electrons. The van der Waals surface area contributed by atoms with Crippen molar-refractivity contribution in [3.63, 3.8) is 0 Å². The molecule has 0 saturated carbocycles. The molecular weight excluding hydrogens is 350 g/mol. The number of nitro groups is 1. The first-order valence-corrected chi connectivity index (χ1v) is 8.64. The maximum absolute atomic E-state index is 12.0. The monoisotopic (exact) mass is 373 g/mol. The fourth-order valence-corrected chi connectivity index (χ4v) is 2.59. The van der Waals surface area contributed by atoms with Crippen molar-refractivity contribution in [2.75, 3.05) is 6.61 Å². The van der Waals surface area contributed by atoms with Gasteiger partial charge in [-0.1, -0.05) is 19.4 Å². The number of nitrogens with one attached hydrogen (secondary N) is 1. The van der Waals surface area contributed by atoms with Crippen molar-refractivity contribution in [3.8, 4) is 11.4 Å². The van der Waals surface area contributed by atoms with E-state index in [0.29, 0.717) is 24.4 Å². The summed E-state index contributed by atoms with van der Waals surface area (Å²) in [6.07, 6.45) is 6.10. The van der Waals surface area contributed by atoms with Gasteiger partial charge in [-0.15, -0.1) is 6.58 Å². The number of hydrogen-bond acceptors (Lipinski definition) is 6. The fourth-order valence-electron chi connectivity index (χ4n) is 2.59. The fraction of sp³-hybridized carbons (Fsp3) is 0.389. The van der Waals surface area contributed by atoms with Crippen molar-refractivity contribution in [1.82, 2.24) is 20.1 Å². The Morgan fingerprint density at radius 2 is 2.33 bits per heavy atom. The summed E-state index contributed by atoms with van der Waals surface area (Å²) in [5.74, 6) is 0. The second-order valence-electron chi connectivity index (χ2n) is 5.94. The van der Waals surface area contributed by atoms with E-state index in [2.05, 4.69) is 22.0 Å². The van der Waals surface area contributed by atoms with Crippen LogP contribution in [0.25, 0.3) is 11.4 Å². The van der Waals surface area contributed by atoms with Gasteiger partial charge in [0.25, 0.3) is 0 Å². The Labute approximate surface area is 157 Å². The minimum atomic E-state index is -0.514. The van der Waals surface area contributed by atoms with Gasteiger partial charge < -0.3 is 10.1 Å². The quantitative estimate of drug-likeness (QED) is 0.311. The summed E-state index contributed by atoms with van der Waals surface area (Å²) >= 11 is 0. The number of alkyl carbamates (subject to hydrolysis) is 1. The summed E-state index contributed by atoms with van der Waals surface area (Å²) in [7, 11) is 1.61. The number of carbonyl (C=O) groups excluding carboxylic acids is 1. The number of amides is 1. The van der Waals surface area contributed by atoms with E-state index in [-0.39, 0.29) is 11.7 Å². The first-order valence-electron chi connectivity index (χ1n) is 8.64. The molecule has 0 aromatic carbocycles. The molecular formula is C18H23N5O4. The number of carbonyl (C=O) groups is 1. The lowest BCUT2D eigenvalue weighted by Crippen LogP contribution is -2.29. The van der Waals surface area contributed by atoms with E-state index in [4.69, 9.17) is 4.74 Å². The second kappa shape index (κ2) is 9.46. The molecule has 27 heavy (non-hydrogen) atoms. The van der Waals surface area contributed by atoms with Gasteiger partial charge in [-0.05, 0) is 30.5 Å². The molecule has 1 atom stereocenters. The molecule has 0 aliphatic rings. The number of pyridine rings is 1. The number of aryl methyl sites for hydroxylation is 1. The summed E-state index contributed by atoms with van der Waals surface area (Å²) in [6, 6.07) is 3.06. The third-order valence-electron chi connectivity index (χ3n) is 3.97. The molecule has 2 heterocycles. The number of hydrogen-bond donors (Lipinski definition) is 1. The average Bonchev–Trinajstić information content (AvgIpc) is 3.03. The van der Waals surface area contributed by atoms with Crippen LogP contribution in [-0.4, -0.2) is 32.4 Å². The Hall–Kier alpha value is -3.23. The van der Waals surface area contributed by atoms with E-state index in [9.17, 15) is 14.9 Å². The van der Waals surface area contributed by atoms with Crippen molar-refractivity contribution >= 4 is 11.8 Å². The molecule has 2 rings (SSSR count). The largest absolute Gasteiger partial charge is 0.450 e. The van der Waals surface area contributed by atoms with Crippen LogP contribution in [-0.2, 0) is 11.8 Å². The lowest BCUT2D eigenvalue weighted by Gasteiger charge is -2.18. The predicted molar refractivity (Wildman–Crippen MR) is 100 cm³/mol. The number of rotatable bonds is 9. The van der Waals surface area contributed by atoms with Gasteiger partial charge in [0.15, 0.2) is 5.69 Å². The van der Waals surface area contributed by atoms with Crippen LogP contribution in [0, 0.1) is 10.1 Å². The zero-order valence-electron chi connectivity index (χ0n) is 15.4. The minimum absolute atomic E-state index is 0.130. The highest BCUT2D eigenvalue weighted by molar-refractivity contribution is 5.69. The average molecular weight is 373 g/mol. The van der Waals surface area contributed by atoms with Gasteiger partial charge in [0.2, 0.25) is 0 Å². The van der Waals surface area contributed by atoms with Gasteiger partial charge in [0.1, 0.15) is 6.20 Å². The number of nitrogens with zero attached hydrogens (tertiary/aromatic N) is 4. The Morgan fingerprint density at radius 1 is 1.56 bits per heavy atom. The van der Waals surface area contributed by atoms with Crippen LogP contribution in [0.1, 0.15) is 37.8 Å². The summed E-state index contributed by atoms with van der Waals surface area (Å²) in [4.78, 5) is 27.0. The van der Waals surface area contributed by atoms with Gasteiger partial charge in [-0.25, -0.2) is 4.79 Å². The standard InChI is InChI=1S/C18H23N5O4/c1-4-6-10-27-18(24)21-14(7-5-2)13-8-9-19-15(11-13)17-16(23(25)26)12-20-22(17)3/h5,8-9,11-12,14H,2,4,6-7,10H2,1,3H3,(H,21,24)/t14-/m0/s1. The highest BCUT2D eigenvalue weighted by Crippen LogP contribution is 2.29. The third-order valence-corrected chi connectivity index (χ3v) is 3.97. The van der Waals surface area contributed by atoms with E-state index in [0.717, 1.165) is 18.4 Å². The second-order valence-corrected chi connectivity index (χ2v) is 5.94. The molecule has 0 aliphatic carbocycles. The number of unbranched alkanes of at least 4 members (excludes halogenated alkanes) is 1.